The number of anilines is 2. The van der Waals surface area contributed by atoms with Crippen LogP contribution in [0, 0.1) is 0 Å². The van der Waals surface area contributed by atoms with Gasteiger partial charge in [0.25, 0.3) is 0 Å². The van der Waals surface area contributed by atoms with Crippen LogP contribution in [0.15, 0.2) is 148 Å². The Morgan fingerprint density at radius 2 is 1.16 bits per heavy atom. The molecular formula is C59H47BN2O2. The molecule has 0 N–H and O–H groups in total. The summed E-state index contributed by atoms with van der Waals surface area (Å²) in [5.41, 5.74) is 22.8. The number of nitrogens with zero attached hydrogens (tertiary/aromatic N) is 2. The van der Waals surface area contributed by atoms with E-state index in [9.17, 15) is 0 Å². The van der Waals surface area contributed by atoms with Crippen molar-refractivity contribution in [2.45, 2.75) is 71.6 Å². The number of hydrogen-bond acceptors (Lipinski definition) is 3. The molecule has 5 heteroatoms. The molecule has 1 aliphatic carbocycles. The van der Waals surface area contributed by atoms with Crippen LogP contribution >= 0.6 is 0 Å². The third kappa shape index (κ3) is 4.54. The SMILES string of the molecule is CC(C)(C)c1ccc(N2B3c4cc5oc6ccccc6c5cc4-n4c5ccc6oc7ccccc7c6c5c5ccc(c3c54)-c3cc4c(cc32)-c2ccc(C(C)(C)C)cc2C4(C)C)cc1. The van der Waals surface area contributed by atoms with Crippen LogP contribution in [0.25, 0.3) is 93.6 Å². The first-order valence-corrected chi connectivity index (χ1v) is 22.9. The van der Waals surface area contributed by atoms with Crippen LogP contribution in [-0.2, 0) is 16.2 Å². The monoisotopic (exact) mass is 826 g/mol. The zero-order valence-electron chi connectivity index (χ0n) is 37.6. The van der Waals surface area contributed by atoms with Crippen LogP contribution in [0.2, 0.25) is 0 Å². The summed E-state index contributed by atoms with van der Waals surface area (Å²) >= 11 is 0. The van der Waals surface area contributed by atoms with Crippen molar-refractivity contribution in [2.75, 3.05) is 4.81 Å². The molecule has 2 aliphatic heterocycles. The number of hydrogen-bond donors (Lipinski definition) is 0. The van der Waals surface area contributed by atoms with E-state index in [0.717, 1.165) is 38.5 Å². The van der Waals surface area contributed by atoms with Gasteiger partial charge in [0.2, 0.25) is 0 Å². The smallest absolute Gasteiger partial charge is 0.333 e. The minimum absolute atomic E-state index is 0.0208. The minimum atomic E-state index is -0.180. The summed E-state index contributed by atoms with van der Waals surface area (Å²) in [6, 6.07) is 52.8. The van der Waals surface area contributed by atoms with E-state index in [2.05, 4.69) is 204 Å². The van der Waals surface area contributed by atoms with Gasteiger partial charge < -0.3 is 18.2 Å². The number of fused-ring (bicyclic) bond motifs is 18. The van der Waals surface area contributed by atoms with Crippen molar-refractivity contribution in [3.8, 4) is 27.9 Å². The van der Waals surface area contributed by atoms with E-state index in [1.807, 2.05) is 0 Å². The molecule has 0 saturated heterocycles. The zero-order valence-corrected chi connectivity index (χ0v) is 37.6. The lowest BCUT2D eigenvalue weighted by molar-refractivity contribution is 0.584. The molecule has 3 aliphatic rings. The Balaban J connectivity index is 1.15. The van der Waals surface area contributed by atoms with Crippen LogP contribution < -0.4 is 15.7 Å². The second kappa shape index (κ2) is 11.8. The predicted octanol–water partition coefficient (Wildman–Crippen LogP) is 14.7. The van der Waals surface area contributed by atoms with E-state index >= 15 is 0 Å². The fourth-order valence-electron chi connectivity index (χ4n) is 12.0. The average molecular weight is 827 g/mol. The summed E-state index contributed by atoms with van der Waals surface area (Å²) in [5, 5.41) is 7.05. The Hall–Kier alpha value is -6.98. The zero-order chi connectivity index (χ0) is 43.3. The van der Waals surface area contributed by atoms with E-state index < -0.39 is 0 Å². The summed E-state index contributed by atoms with van der Waals surface area (Å²) < 4.78 is 15.9. The van der Waals surface area contributed by atoms with Crippen LogP contribution in [0.1, 0.15) is 77.6 Å². The average Bonchev–Trinajstić information content (AvgIpc) is 4.00. The first kappa shape index (κ1) is 36.5. The summed E-state index contributed by atoms with van der Waals surface area (Å²) in [7, 11) is 0. The molecule has 14 rings (SSSR count). The van der Waals surface area contributed by atoms with Gasteiger partial charge >= 0.3 is 6.85 Å². The Kier molecular flexibility index (Phi) is 6.72. The number of benzene rings is 8. The molecule has 0 radical (unpaired) electrons. The molecular weight excluding hydrogens is 779 g/mol. The summed E-state index contributed by atoms with van der Waals surface area (Å²) in [6.45, 7) is 18.6. The van der Waals surface area contributed by atoms with Crippen LogP contribution in [0.3, 0.4) is 0 Å². The summed E-state index contributed by atoms with van der Waals surface area (Å²) in [5.74, 6) is 0. The molecule has 308 valence electrons. The quantitative estimate of drug-likeness (QED) is 0.155. The topological polar surface area (TPSA) is 34.5 Å². The Morgan fingerprint density at radius 1 is 0.484 bits per heavy atom. The van der Waals surface area contributed by atoms with Gasteiger partial charge in [-0.1, -0.05) is 134 Å². The van der Waals surface area contributed by atoms with Crippen LogP contribution in [-0.4, -0.2) is 11.4 Å². The van der Waals surface area contributed by atoms with Crippen LogP contribution in [0.5, 0.6) is 0 Å². The van der Waals surface area contributed by atoms with Gasteiger partial charge in [-0.25, -0.2) is 0 Å². The van der Waals surface area contributed by atoms with Gasteiger partial charge in [0, 0.05) is 60.4 Å². The molecule has 0 spiro atoms. The maximum absolute atomic E-state index is 6.76. The first-order chi connectivity index (χ1) is 30.8. The van der Waals surface area contributed by atoms with Crippen molar-refractivity contribution in [3.63, 3.8) is 0 Å². The van der Waals surface area contributed by atoms with E-state index in [0.29, 0.717) is 0 Å². The van der Waals surface area contributed by atoms with Crippen molar-refractivity contribution in [1.29, 1.82) is 0 Å². The highest BCUT2D eigenvalue weighted by Crippen LogP contribution is 2.55. The Labute approximate surface area is 372 Å². The fraction of sp³-hybridized carbons (Fsp3) is 0.186. The molecule has 11 aromatic rings. The maximum Gasteiger partial charge on any atom is 0.333 e. The van der Waals surface area contributed by atoms with Gasteiger partial charge in [-0.2, -0.15) is 0 Å². The van der Waals surface area contributed by atoms with Gasteiger partial charge in [-0.3, -0.25) is 0 Å². The van der Waals surface area contributed by atoms with Crippen molar-refractivity contribution in [2.24, 2.45) is 0 Å². The lowest BCUT2D eigenvalue weighted by Gasteiger charge is -2.42. The van der Waals surface area contributed by atoms with Gasteiger partial charge in [-0.15, -0.1) is 0 Å². The van der Waals surface area contributed by atoms with Gasteiger partial charge in [0.1, 0.15) is 22.3 Å². The fourth-order valence-corrected chi connectivity index (χ4v) is 12.0. The normalized spacial score (nSPS) is 14.9. The second-order valence-corrected chi connectivity index (χ2v) is 21.3. The first-order valence-electron chi connectivity index (χ1n) is 22.9. The van der Waals surface area contributed by atoms with Crippen molar-refractivity contribution in [3.05, 3.63) is 162 Å². The van der Waals surface area contributed by atoms with Gasteiger partial charge in [0.15, 0.2) is 0 Å². The Bertz CT molecular complexity index is 3900. The van der Waals surface area contributed by atoms with Crippen LogP contribution in [0.4, 0.5) is 11.4 Å². The van der Waals surface area contributed by atoms with E-state index in [1.165, 1.54) is 99.7 Å². The molecule has 8 aromatic carbocycles. The van der Waals surface area contributed by atoms with Crippen molar-refractivity contribution in [1.82, 2.24) is 4.57 Å². The Morgan fingerprint density at radius 3 is 1.92 bits per heavy atom. The highest BCUT2D eigenvalue weighted by molar-refractivity contribution is 6.94. The van der Waals surface area contributed by atoms with E-state index in [1.54, 1.807) is 0 Å². The minimum Gasteiger partial charge on any atom is -0.456 e. The molecule has 64 heavy (non-hydrogen) atoms. The van der Waals surface area contributed by atoms with E-state index in [-0.39, 0.29) is 23.1 Å². The van der Waals surface area contributed by atoms with E-state index in [4.69, 9.17) is 8.83 Å². The molecule has 0 saturated carbocycles. The van der Waals surface area contributed by atoms with Gasteiger partial charge in [-0.05, 0) is 121 Å². The molecule has 3 aromatic heterocycles. The summed E-state index contributed by atoms with van der Waals surface area (Å²) in [6.07, 6.45) is 0. The third-order valence-electron chi connectivity index (χ3n) is 15.3. The molecule has 0 bridgehead atoms. The molecule has 0 amide bonds. The highest BCUT2D eigenvalue weighted by Gasteiger charge is 2.46. The van der Waals surface area contributed by atoms with Crippen molar-refractivity contribution >= 4 is 94.8 Å². The highest BCUT2D eigenvalue weighted by atomic mass is 16.3. The molecule has 0 fully saturated rings. The lowest BCUT2D eigenvalue weighted by Crippen LogP contribution is -2.60. The number of para-hydroxylation sites is 2. The largest absolute Gasteiger partial charge is 0.456 e. The second-order valence-electron chi connectivity index (χ2n) is 21.3. The molecule has 5 heterocycles. The third-order valence-corrected chi connectivity index (χ3v) is 15.3. The molecule has 4 nitrogen and oxygen atoms in total. The molecule has 0 unspecified atom stereocenters. The summed E-state index contributed by atoms with van der Waals surface area (Å²) in [4.78, 5) is 2.66. The number of rotatable bonds is 1. The maximum atomic E-state index is 6.76. The lowest BCUT2D eigenvalue weighted by atomic mass is 9.44. The number of aromatic nitrogens is 1. The van der Waals surface area contributed by atoms with Crippen molar-refractivity contribution < 1.29 is 8.83 Å². The standard InChI is InChI=1S/C59H47BN2O2/c1-57(2,3)32-17-20-34(21-18-32)62-47-29-40-35-22-19-33(58(4,5)6)27-43(35)59(7,8)44(40)28-41(47)37-23-24-39-53-46(25-26-51-54(53)38-14-10-12-16-50(38)63-51)61-48-30-42-36-13-9-11-15-49(36)64-52(42)31-45(48)60(62)55(37)56(39)61/h9-31H,1-8H3. The predicted molar refractivity (Wildman–Crippen MR) is 269 cm³/mol. The van der Waals surface area contributed by atoms with Gasteiger partial charge in [0.05, 0.1) is 11.0 Å². The molecule has 0 atom stereocenters. The number of furan rings is 2.